The van der Waals surface area contributed by atoms with Crippen LogP contribution in [0.2, 0.25) is 0 Å². The second-order valence-corrected chi connectivity index (χ2v) is 5.80. The fraction of sp³-hybridized carbons (Fsp3) is 0.929. The SMILES string of the molecule is CN(C(=O)CCC1CCC1)C1CCC(O)CC1. The first-order chi connectivity index (χ1) is 8.16. The maximum atomic E-state index is 12.0. The van der Waals surface area contributed by atoms with Gasteiger partial charge in [0, 0.05) is 19.5 Å². The van der Waals surface area contributed by atoms with Crippen molar-refractivity contribution >= 4 is 5.91 Å². The van der Waals surface area contributed by atoms with E-state index in [2.05, 4.69) is 0 Å². The highest BCUT2D eigenvalue weighted by Gasteiger charge is 2.26. The standard InChI is InChI=1S/C14H25NO2/c1-15(12-6-8-13(16)9-7-12)14(17)10-5-11-3-2-4-11/h11-13,16H,2-10H2,1H3. The third-order valence-corrected chi connectivity index (χ3v) is 4.60. The van der Waals surface area contributed by atoms with Gasteiger partial charge in [0.25, 0.3) is 0 Å². The van der Waals surface area contributed by atoms with Crippen LogP contribution in [0.3, 0.4) is 0 Å². The number of carbonyl (C=O) groups is 1. The lowest BCUT2D eigenvalue weighted by Crippen LogP contribution is -2.40. The molecule has 0 unspecified atom stereocenters. The quantitative estimate of drug-likeness (QED) is 0.818. The van der Waals surface area contributed by atoms with E-state index in [-0.39, 0.29) is 6.10 Å². The molecule has 2 fully saturated rings. The Morgan fingerprint density at radius 3 is 2.35 bits per heavy atom. The van der Waals surface area contributed by atoms with E-state index in [1.807, 2.05) is 11.9 Å². The Labute approximate surface area is 104 Å². The Balaban J connectivity index is 1.70. The number of carbonyl (C=O) groups excluding carboxylic acids is 1. The van der Waals surface area contributed by atoms with Gasteiger partial charge in [-0.05, 0) is 38.0 Å². The minimum Gasteiger partial charge on any atom is -0.393 e. The first kappa shape index (κ1) is 12.9. The lowest BCUT2D eigenvalue weighted by Gasteiger charge is -2.34. The van der Waals surface area contributed by atoms with E-state index in [0.29, 0.717) is 11.9 Å². The number of rotatable bonds is 4. The number of amides is 1. The Morgan fingerprint density at radius 1 is 1.18 bits per heavy atom. The molecule has 0 aromatic carbocycles. The van der Waals surface area contributed by atoms with Crippen molar-refractivity contribution in [3.8, 4) is 0 Å². The molecule has 0 radical (unpaired) electrons. The van der Waals surface area contributed by atoms with Crippen molar-refractivity contribution in [2.45, 2.75) is 69.9 Å². The number of hydrogen-bond donors (Lipinski definition) is 1. The first-order valence-electron chi connectivity index (χ1n) is 7.10. The summed E-state index contributed by atoms with van der Waals surface area (Å²) in [4.78, 5) is 14.0. The summed E-state index contributed by atoms with van der Waals surface area (Å²) < 4.78 is 0. The normalized spacial score (nSPS) is 29.8. The van der Waals surface area contributed by atoms with E-state index in [1.165, 1.54) is 19.3 Å². The largest absolute Gasteiger partial charge is 0.393 e. The molecular formula is C14H25NO2. The van der Waals surface area contributed by atoms with Crippen LogP contribution in [0.5, 0.6) is 0 Å². The van der Waals surface area contributed by atoms with Gasteiger partial charge in [0.2, 0.25) is 5.91 Å². The lowest BCUT2D eigenvalue weighted by molar-refractivity contribution is -0.133. The van der Waals surface area contributed by atoms with E-state index in [4.69, 9.17) is 0 Å². The fourth-order valence-corrected chi connectivity index (χ4v) is 2.93. The van der Waals surface area contributed by atoms with Gasteiger partial charge in [-0.2, -0.15) is 0 Å². The molecular weight excluding hydrogens is 214 g/mol. The van der Waals surface area contributed by atoms with Gasteiger partial charge in [0.1, 0.15) is 0 Å². The molecule has 0 saturated heterocycles. The molecule has 3 heteroatoms. The van der Waals surface area contributed by atoms with Crippen molar-refractivity contribution in [2.24, 2.45) is 5.92 Å². The van der Waals surface area contributed by atoms with Crippen LogP contribution < -0.4 is 0 Å². The molecule has 0 aromatic rings. The summed E-state index contributed by atoms with van der Waals surface area (Å²) >= 11 is 0. The van der Waals surface area contributed by atoms with Crippen molar-refractivity contribution in [1.82, 2.24) is 4.90 Å². The van der Waals surface area contributed by atoms with Gasteiger partial charge in [0.15, 0.2) is 0 Å². The molecule has 3 nitrogen and oxygen atoms in total. The van der Waals surface area contributed by atoms with E-state index < -0.39 is 0 Å². The summed E-state index contributed by atoms with van der Waals surface area (Å²) in [6.07, 6.45) is 9.31. The van der Waals surface area contributed by atoms with Gasteiger partial charge in [-0.3, -0.25) is 4.79 Å². The zero-order valence-corrected chi connectivity index (χ0v) is 10.9. The number of aliphatic hydroxyl groups is 1. The summed E-state index contributed by atoms with van der Waals surface area (Å²) in [5.74, 6) is 1.12. The molecule has 2 aliphatic carbocycles. The third-order valence-electron chi connectivity index (χ3n) is 4.60. The minimum absolute atomic E-state index is 0.135. The lowest BCUT2D eigenvalue weighted by atomic mass is 9.82. The molecule has 0 aliphatic heterocycles. The smallest absolute Gasteiger partial charge is 0.222 e. The maximum absolute atomic E-state index is 12.0. The van der Waals surface area contributed by atoms with Gasteiger partial charge < -0.3 is 10.0 Å². The van der Waals surface area contributed by atoms with Crippen molar-refractivity contribution in [1.29, 1.82) is 0 Å². The molecule has 0 aromatic heterocycles. The predicted octanol–water partition coefficient (Wildman–Crippen LogP) is 2.33. The Kier molecular flexibility index (Phi) is 4.43. The highest BCUT2D eigenvalue weighted by molar-refractivity contribution is 5.76. The van der Waals surface area contributed by atoms with Crippen LogP contribution in [0.4, 0.5) is 0 Å². The summed E-state index contributed by atoms with van der Waals surface area (Å²) in [5, 5.41) is 9.46. The topological polar surface area (TPSA) is 40.5 Å². The van der Waals surface area contributed by atoms with Gasteiger partial charge in [-0.25, -0.2) is 0 Å². The van der Waals surface area contributed by atoms with Gasteiger partial charge in [-0.1, -0.05) is 19.3 Å². The Morgan fingerprint density at radius 2 is 1.82 bits per heavy atom. The Hall–Kier alpha value is -0.570. The summed E-state index contributed by atoms with van der Waals surface area (Å²) in [6.45, 7) is 0. The molecule has 2 saturated carbocycles. The monoisotopic (exact) mass is 239 g/mol. The van der Waals surface area contributed by atoms with Crippen LogP contribution in [-0.2, 0) is 4.79 Å². The maximum Gasteiger partial charge on any atom is 0.222 e. The van der Waals surface area contributed by atoms with Crippen molar-refractivity contribution in [3.05, 3.63) is 0 Å². The molecule has 2 rings (SSSR count). The number of hydrogen-bond acceptors (Lipinski definition) is 2. The van der Waals surface area contributed by atoms with E-state index in [1.54, 1.807) is 0 Å². The summed E-state index contributed by atoms with van der Waals surface area (Å²) in [6, 6.07) is 0.368. The molecule has 0 spiro atoms. The minimum atomic E-state index is -0.135. The van der Waals surface area contributed by atoms with Crippen molar-refractivity contribution in [2.75, 3.05) is 7.05 Å². The summed E-state index contributed by atoms with van der Waals surface area (Å²) in [5.41, 5.74) is 0. The highest BCUT2D eigenvalue weighted by atomic mass is 16.3. The zero-order chi connectivity index (χ0) is 12.3. The molecule has 1 amide bonds. The van der Waals surface area contributed by atoms with Crippen LogP contribution >= 0.6 is 0 Å². The van der Waals surface area contributed by atoms with Crippen molar-refractivity contribution in [3.63, 3.8) is 0 Å². The van der Waals surface area contributed by atoms with E-state index in [0.717, 1.165) is 44.4 Å². The van der Waals surface area contributed by atoms with Gasteiger partial charge in [0.05, 0.1) is 6.10 Å². The number of aliphatic hydroxyl groups excluding tert-OH is 1. The van der Waals surface area contributed by atoms with Crippen LogP contribution in [0, 0.1) is 5.92 Å². The molecule has 98 valence electrons. The highest BCUT2D eigenvalue weighted by Crippen LogP contribution is 2.31. The summed E-state index contributed by atoms with van der Waals surface area (Å²) in [7, 11) is 1.94. The van der Waals surface area contributed by atoms with Crippen LogP contribution in [-0.4, -0.2) is 35.1 Å². The second-order valence-electron chi connectivity index (χ2n) is 5.80. The number of nitrogens with zero attached hydrogens (tertiary/aromatic N) is 1. The molecule has 1 N–H and O–H groups in total. The van der Waals surface area contributed by atoms with Crippen LogP contribution in [0.1, 0.15) is 57.8 Å². The van der Waals surface area contributed by atoms with Gasteiger partial charge in [-0.15, -0.1) is 0 Å². The van der Waals surface area contributed by atoms with E-state index >= 15 is 0 Å². The van der Waals surface area contributed by atoms with Crippen LogP contribution in [0.25, 0.3) is 0 Å². The first-order valence-corrected chi connectivity index (χ1v) is 7.10. The average Bonchev–Trinajstić information content (AvgIpc) is 2.27. The van der Waals surface area contributed by atoms with E-state index in [9.17, 15) is 9.90 Å². The van der Waals surface area contributed by atoms with Gasteiger partial charge >= 0.3 is 0 Å². The fourth-order valence-electron chi connectivity index (χ4n) is 2.93. The van der Waals surface area contributed by atoms with Crippen LogP contribution in [0.15, 0.2) is 0 Å². The molecule has 2 aliphatic rings. The zero-order valence-electron chi connectivity index (χ0n) is 10.9. The van der Waals surface area contributed by atoms with Crippen molar-refractivity contribution < 1.29 is 9.90 Å². The molecule has 0 atom stereocenters. The predicted molar refractivity (Wildman–Crippen MR) is 67.6 cm³/mol. The average molecular weight is 239 g/mol. The third kappa shape index (κ3) is 3.44. The second kappa shape index (κ2) is 5.85. The molecule has 0 heterocycles. The Bertz CT molecular complexity index is 255. The molecule has 0 bridgehead atoms. The molecule has 17 heavy (non-hydrogen) atoms.